The first-order chi connectivity index (χ1) is 11.5. The normalized spacial score (nSPS) is 14.1. The van der Waals surface area contributed by atoms with Crippen molar-refractivity contribution in [1.82, 2.24) is 14.7 Å². The van der Waals surface area contributed by atoms with Gasteiger partial charge in [-0.2, -0.15) is 5.10 Å². The van der Waals surface area contributed by atoms with E-state index in [1.54, 1.807) is 22.8 Å². The van der Waals surface area contributed by atoms with Crippen LogP contribution in [0.1, 0.15) is 26.5 Å². The molecule has 0 bridgehead atoms. The maximum atomic E-state index is 12.6. The van der Waals surface area contributed by atoms with Crippen molar-refractivity contribution in [1.29, 1.82) is 0 Å². The summed E-state index contributed by atoms with van der Waals surface area (Å²) in [4.78, 5) is 26.5. The molecule has 7 nitrogen and oxygen atoms in total. The standard InChI is InChI=1S/C17H16N4O3/c1-20-6-5-14-15(17(20)23)12(9-24-14)16(22)19-11-3-4-13-10(7-11)8-18-21(13)2/h3-4,7-9H,5-6H2,1-2H3,(H,19,22). The first kappa shape index (κ1) is 14.5. The molecule has 122 valence electrons. The molecule has 0 atom stereocenters. The predicted molar refractivity (Wildman–Crippen MR) is 88.0 cm³/mol. The first-order valence-electron chi connectivity index (χ1n) is 7.63. The molecule has 1 N–H and O–H groups in total. The van der Waals surface area contributed by atoms with Crippen LogP contribution in [-0.4, -0.2) is 40.1 Å². The largest absolute Gasteiger partial charge is 0.468 e. The zero-order chi connectivity index (χ0) is 16.8. The van der Waals surface area contributed by atoms with Gasteiger partial charge in [0.15, 0.2) is 0 Å². The van der Waals surface area contributed by atoms with E-state index in [0.717, 1.165) is 10.9 Å². The van der Waals surface area contributed by atoms with Crippen LogP contribution in [0.5, 0.6) is 0 Å². The molecule has 0 saturated heterocycles. The van der Waals surface area contributed by atoms with Gasteiger partial charge in [0.1, 0.15) is 12.0 Å². The maximum Gasteiger partial charge on any atom is 0.259 e. The fraction of sp³-hybridized carbons (Fsp3) is 0.235. The monoisotopic (exact) mass is 324 g/mol. The second-order valence-corrected chi connectivity index (χ2v) is 5.92. The third-order valence-electron chi connectivity index (χ3n) is 4.35. The van der Waals surface area contributed by atoms with Gasteiger partial charge in [-0.1, -0.05) is 0 Å². The van der Waals surface area contributed by atoms with E-state index in [1.807, 2.05) is 25.2 Å². The second kappa shape index (κ2) is 5.23. The molecule has 2 amide bonds. The van der Waals surface area contributed by atoms with Crippen LogP contribution in [0.3, 0.4) is 0 Å². The first-order valence-corrected chi connectivity index (χ1v) is 7.63. The van der Waals surface area contributed by atoms with Gasteiger partial charge in [0.05, 0.1) is 22.8 Å². The Morgan fingerprint density at radius 2 is 2.17 bits per heavy atom. The highest BCUT2D eigenvalue weighted by molar-refractivity contribution is 6.13. The summed E-state index contributed by atoms with van der Waals surface area (Å²) in [5, 5.41) is 7.94. The van der Waals surface area contributed by atoms with Crippen LogP contribution in [0, 0.1) is 0 Å². The number of anilines is 1. The van der Waals surface area contributed by atoms with E-state index in [-0.39, 0.29) is 17.4 Å². The fourth-order valence-corrected chi connectivity index (χ4v) is 2.99. The van der Waals surface area contributed by atoms with Crippen molar-refractivity contribution in [3.63, 3.8) is 0 Å². The minimum absolute atomic E-state index is 0.183. The lowest BCUT2D eigenvalue weighted by atomic mass is 10.0. The molecule has 24 heavy (non-hydrogen) atoms. The zero-order valence-corrected chi connectivity index (χ0v) is 13.4. The van der Waals surface area contributed by atoms with Crippen molar-refractivity contribution in [3.05, 3.63) is 47.5 Å². The molecular weight excluding hydrogens is 308 g/mol. The Kier molecular flexibility index (Phi) is 3.16. The van der Waals surface area contributed by atoms with Gasteiger partial charge in [-0.15, -0.1) is 0 Å². The molecule has 0 radical (unpaired) electrons. The number of carbonyl (C=O) groups excluding carboxylic acids is 2. The molecule has 0 fully saturated rings. The summed E-state index contributed by atoms with van der Waals surface area (Å²) in [6.45, 7) is 0.595. The molecule has 1 aromatic carbocycles. The molecule has 7 heteroatoms. The summed E-state index contributed by atoms with van der Waals surface area (Å²) >= 11 is 0. The smallest absolute Gasteiger partial charge is 0.259 e. The van der Waals surface area contributed by atoms with E-state index in [4.69, 9.17) is 4.42 Å². The van der Waals surface area contributed by atoms with Crippen molar-refractivity contribution in [2.24, 2.45) is 7.05 Å². The summed E-state index contributed by atoms with van der Waals surface area (Å²) in [5.74, 6) is 0.0377. The fourth-order valence-electron chi connectivity index (χ4n) is 2.99. The van der Waals surface area contributed by atoms with Crippen LogP contribution in [0.4, 0.5) is 5.69 Å². The van der Waals surface area contributed by atoms with Gasteiger partial charge in [0, 0.05) is 38.1 Å². The van der Waals surface area contributed by atoms with Crippen LogP contribution in [0.15, 0.2) is 35.1 Å². The Balaban J connectivity index is 1.64. The summed E-state index contributed by atoms with van der Waals surface area (Å²) in [7, 11) is 3.58. The van der Waals surface area contributed by atoms with Gasteiger partial charge in [0.25, 0.3) is 11.8 Å². The van der Waals surface area contributed by atoms with Crippen LogP contribution >= 0.6 is 0 Å². The van der Waals surface area contributed by atoms with Gasteiger partial charge >= 0.3 is 0 Å². The highest BCUT2D eigenvalue weighted by atomic mass is 16.3. The Morgan fingerprint density at radius 1 is 1.33 bits per heavy atom. The van der Waals surface area contributed by atoms with Crippen molar-refractivity contribution in [2.45, 2.75) is 6.42 Å². The Labute approximate surface area is 137 Å². The van der Waals surface area contributed by atoms with E-state index >= 15 is 0 Å². The highest BCUT2D eigenvalue weighted by Crippen LogP contribution is 2.25. The molecule has 0 aliphatic carbocycles. The third-order valence-corrected chi connectivity index (χ3v) is 4.35. The summed E-state index contributed by atoms with van der Waals surface area (Å²) in [6, 6.07) is 5.55. The number of hydrogen-bond acceptors (Lipinski definition) is 4. The summed E-state index contributed by atoms with van der Waals surface area (Å²) in [6.07, 6.45) is 3.72. The molecule has 3 heterocycles. The van der Waals surface area contributed by atoms with E-state index in [9.17, 15) is 9.59 Å². The van der Waals surface area contributed by atoms with Crippen molar-refractivity contribution in [3.8, 4) is 0 Å². The van der Waals surface area contributed by atoms with Crippen molar-refractivity contribution < 1.29 is 14.0 Å². The third kappa shape index (κ3) is 2.17. The van der Waals surface area contributed by atoms with Crippen LogP contribution in [-0.2, 0) is 13.5 Å². The predicted octanol–water partition coefficient (Wildman–Crippen LogP) is 2.05. The summed E-state index contributed by atoms with van der Waals surface area (Å²) < 4.78 is 7.18. The number of aromatic nitrogens is 2. The topological polar surface area (TPSA) is 80.4 Å². The average Bonchev–Trinajstić information content (AvgIpc) is 3.15. The van der Waals surface area contributed by atoms with Crippen molar-refractivity contribution >= 4 is 28.4 Å². The summed E-state index contributed by atoms with van der Waals surface area (Å²) in [5.41, 5.74) is 2.26. The number of furan rings is 1. The van der Waals surface area contributed by atoms with Crippen LogP contribution < -0.4 is 5.32 Å². The van der Waals surface area contributed by atoms with Gasteiger partial charge < -0.3 is 14.6 Å². The average molecular weight is 324 g/mol. The quantitative estimate of drug-likeness (QED) is 0.782. The number of hydrogen-bond donors (Lipinski definition) is 1. The van der Waals surface area contributed by atoms with Crippen LogP contribution in [0.2, 0.25) is 0 Å². The number of nitrogens with zero attached hydrogens (tertiary/aromatic N) is 3. The number of benzene rings is 1. The Bertz CT molecular complexity index is 970. The molecule has 0 spiro atoms. The maximum absolute atomic E-state index is 12.6. The lowest BCUT2D eigenvalue weighted by molar-refractivity contribution is 0.0770. The number of fused-ring (bicyclic) bond motifs is 2. The number of amides is 2. The minimum atomic E-state index is -0.355. The lowest BCUT2D eigenvalue weighted by Gasteiger charge is -2.21. The molecule has 4 rings (SSSR count). The Morgan fingerprint density at radius 3 is 3.00 bits per heavy atom. The second-order valence-electron chi connectivity index (χ2n) is 5.92. The van der Waals surface area contributed by atoms with E-state index in [0.29, 0.717) is 30.0 Å². The van der Waals surface area contributed by atoms with Gasteiger partial charge in [0.2, 0.25) is 0 Å². The minimum Gasteiger partial charge on any atom is -0.468 e. The molecule has 1 aliphatic rings. The number of rotatable bonds is 2. The molecule has 2 aromatic heterocycles. The van der Waals surface area contributed by atoms with E-state index < -0.39 is 0 Å². The molecular formula is C17H16N4O3. The number of carbonyl (C=O) groups is 2. The number of nitrogens with one attached hydrogen (secondary N) is 1. The van der Waals surface area contributed by atoms with E-state index in [2.05, 4.69) is 10.4 Å². The van der Waals surface area contributed by atoms with Crippen LogP contribution in [0.25, 0.3) is 10.9 Å². The molecule has 0 unspecified atom stereocenters. The molecule has 1 aliphatic heterocycles. The van der Waals surface area contributed by atoms with Crippen molar-refractivity contribution in [2.75, 3.05) is 18.9 Å². The zero-order valence-electron chi connectivity index (χ0n) is 13.4. The van der Waals surface area contributed by atoms with E-state index in [1.165, 1.54) is 6.26 Å². The Hall–Kier alpha value is -3.09. The van der Waals surface area contributed by atoms with Gasteiger partial charge in [-0.3, -0.25) is 14.3 Å². The molecule has 0 saturated carbocycles. The van der Waals surface area contributed by atoms with Gasteiger partial charge in [-0.05, 0) is 18.2 Å². The number of aryl methyl sites for hydroxylation is 1. The SMILES string of the molecule is CN1CCc2occ(C(=O)Nc3ccc4c(cnn4C)c3)c2C1=O. The number of likely N-dealkylation sites (N-methyl/N-ethyl adjacent to an activating group) is 1. The lowest BCUT2D eigenvalue weighted by Crippen LogP contribution is -2.34. The highest BCUT2D eigenvalue weighted by Gasteiger charge is 2.30. The molecule has 3 aromatic rings. The van der Waals surface area contributed by atoms with Gasteiger partial charge in [-0.25, -0.2) is 0 Å².